The van der Waals surface area contributed by atoms with Gasteiger partial charge in [0, 0.05) is 28.9 Å². The molecule has 0 fully saturated rings. The number of aliphatic hydroxyl groups excluding tert-OH is 1. The number of anilines is 1. The largest absolute Gasteiger partial charge is 0.511 e. The number of nitrogens with one attached hydrogen (secondary N) is 1. The lowest BCUT2D eigenvalue weighted by molar-refractivity contribution is -0.116. The van der Waals surface area contributed by atoms with Crippen LogP contribution in [0, 0.1) is 5.92 Å². The van der Waals surface area contributed by atoms with Gasteiger partial charge in [0.25, 0.3) is 0 Å². The molecule has 178 valence electrons. The molecule has 0 saturated carbocycles. The zero-order chi connectivity index (χ0) is 24.1. The third-order valence-electron chi connectivity index (χ3n) is 6.32. The molecule has 34 heavy (non-hydrogen) atoms. The van der Waals surface area contributed by atoms with Crippen LogP contribution in [-0.2, 0) is 4.79 Å². The first kappa shape index (κ1) is 24.3. The summed E-state index contributed by atoms with van der Waals surface area (Å²) >= 11 is 1.90. The van der Waals surface area contributed by atoms with Gasteiger partial charge in [0.2, 0.25) is 0 Å². The summed E-state index contributed by atoms with van der Waals surface area (Å²) in [6, 6.07) is 16.1. The lowest BCUT2D eigenvalue weighted by Crippen LogP contribution is -2.26. The van der Waals surface area contributed by atoms with Crippen LogP contribution in [0.1, 0.15) is 52.9 Å². The molecule has 1 aliphatic carbocycles. The minimum atomic E-state index is -0.00669. The minimum absolute atomic E-state index is 0.00669. The molecule has 6 heteroatoms. The number of aliphatic hydroxyl groups is 1. The number of hydrazone groups is 1. The predicted molar refractivity (Wildman–Crippen MR) is 145 cm³/mol. The van der Waals surface area contributed by atoms with Gasteiger partial charge in [-0.1, -0.05) is 69.7 Å². The maximum absolute atomic E-state index is 13.1. The van der Waals surface area contributed by atoms with Gasteiger partial charge in [0.1, 0.15) is 5.76 Å². The lowest BCUT2D eigenvalue weighted by atomic mass is 9.82. The predicted octanol–water partition coefficient (Wildman–Crippen LogP) is 7.28. The van der Waals surface area contributed by atoms with Crippen LogP contribution in [-0.4, -0.2) is 32.6 Å². The average Bonchev–Trinajstić information content (AvgIpc) is 2.82. The normalized spacial score (nSPS) is 18.0. The number of hydrogen-bond donors (Lipinski definition) is 2. The fourth-order valence-electron chi connectivity index (χ4n) is 4.87. The molecule has 1 unspecified atom stereocenters. The molecule has 1 heterocycles. The summed E-state index contributed by atoms with van der Waals surface area (Å²) < 4.78 is 0. The minimum Gasteiger partial charge on any atom is -0.511 e. The van der Waals surface area contributed by atoms with Crippen molar-refractivity contribution in [2.24, 2.45) is 11.0 Å². The number of hydrogen-bond acceptors (Lipinski definition) is 6. The molecule has 0 amide bonds. The number of carbonyl (C=O) groups excluding carboxylic acids is 1. The summed E-state index contributed by atoms with van der Waals surface area (Å²) in [6.45, 7) is 6.40. The standard InChI is InChI=1S/C28H33N3O2S/c1-4-10-24(27-25(32)16-19(17-26(27)33)15-18(3)34-5-2)30-31-28-22-13-7-6-11-20(22)21-12-8-9-14-23(21)29-28/h6-9,11-14,18-19,32H,4-5,10,15-17H2,1-3H3,(H,29,31)/t18-,19?/m1/s1. The van der Waals surface area contributed by atoms with Crippen molar-refractivity contribution >= 4 is 50.8 Å². The number of ketones is 1. The Morgan fingerprint density at radius 2 is 1.82 bits per heavy atom. The van der Waals surface area contributed by atoms with E-state index < -0.39 is 0 Å². The molecular weight excluding hydrogens is 442 g/mol. The van der Waals surface area contributed by atoms with E-state index in [1.54, 1.807) is 0 Å². The highest BCUT2D eigenvalue weighted by Gasteiger charge is 2.31. The van der Waals surface area contributed by atoms with Gasteiger partial charge in [-0.05, 0) is 36.0 Å². The molecule has 1 aromatic heterocycles. The van der Waals surface area contributed by atoms with Crippen LogP contribution in [0.2, 0.25) is 0 Å². The summed E-state index contributed by atoms with van der Waals surface area (Å²) in [5, 5.41) is 19.2. The molecule has 0 saturated heterocycles. The summed E-state index contributed by atoms with van der Waals surface area (Å²) in [5.74, 6) is 2.07. The summed E-state index contributed by atoms with van der Waals surface area (Å²) in [4.78, 5) is 17.9. The molecular formula is C28H33N3O2S. The summed E-state index contributed by atoms with van der Waals surface area (Å²) in [5.41, 5.74) is 5.03. The van der Waals surface area contributed by atoms with Crippen molar-refractivity contribution in [2.75, 3.05) is 11.2 Å². The molecule has 2 aromatic carbocycles. The molecule has 0 bridgehead atoms. The van der Waals surface area contributed by atoms with E-state index in [1.807, 2.05) is 48.2 Å². The van der Waals surface area contributed by atoms with Gasteiger partial charge in [0.15, 0.2) is 11.6 Å². The number of pyridine rings is 1. The molecule has 0 spiro atoms. The summed E-state index contributed by atoms with van der Waals surface area (Å²) in [6.07, 6.45) is 3.37. The van der Waals surface area contributed by atoms with E-state index in [0.717, 1.165) is 40.3 Å². The van der Waals surface area contributed by atoms with Crippen molar-refractivity contribution in [2.45, 2.75) is 58.1 Å². The van der Waals surface area contributed by atoms with Crippen molar-refractivity contribution in [1.82, 2.24) is 4.98 Å². The highest BCUT2D eigenvalue weighted by molar-refractivity contribution is 7.99. The van der Waals surface area contributed by atoms with Gasteiger partial charge in [-0.25, -0.2) is 4.98 Å². The smallest absolute Gasteiger partial charge is 0.168 e. The molecule has 0 radical (unpaired) electrons. The van der Waals surface area contributed by atoms with E-state index in [4.69, 9.17) is 4.98 Å². The SMILES string of the molecule is CCCC(=NNc1nc2ccccc2c2ccccc12)C1=C(O)CC(C[C@@H](C)SCC)CC1=O. The number of para-hydroxylation sites is 1. The number of nitrogens with zero attached hydrogens (tertiary/aromatic N) is 2. The van der Waals surface area contributed by atoms with Gasteiger partial charge < -0.3 is 5.11 Å². The number of rotatable bonds is 9. The number of Topliss-reactive ketones (excluding diaryl/α,β-unsaturated/α-hetero) is 1. The molecule has 0 aliphatic heterocycles. The summed E-state index contributed by atoms with van der Waals surface area (Å²) in [7, 11) is 0. The number of carbonyl (C=O) groups is 1. The zero-order valence-corrected chi connectivity index (χ0v) is 21.0. The van der Waals surface area contributed by atoms with Crippen molar-refractivity contribution in [3.63, 3.8) is 0 Å². The Bertz CT molecular complexity index is 1250. The Morgan fingerprint density at radius 3 is 2.53 bits per heavy atom. The highest BCUT2D eigenvalue weighted by atomic mass is 32.2. The molecule has 3 aromatic rings. The van der Waals surface area contributed by atoms with Crippen molar-refractivity contribution in [1.29, 1.82) is 0 Å². The van der Waals surface area contributed by atoms with E-state index in [1.165, 1.54) is 0 Å². The second-order valence-corrected chi connectivity index (χ2v) is 10.7. The first-order valence-electron chi connectivity index (χ1n) is 12.2. The Labute approximate surface area is 205 Å². The fourth-order valence-corrected chi connectivity index (χ4v) is 5.85. The van der Waals surface area contributed by atoms with Gasteiger partial charge in [-0.15, -0.1) is 0 Å². The monoisotopic (exact) mass is 475 g/mol. The Balaban J connectivity index is 1.65. The van der Waals surface area contributed by atoms with Crippen molar-refractivity contribution in [3.8, 4) is 0 Å². The topological polar surface area (TPSA) is 74.6 Å². The zero-order valence-electron chi connectivity index (χ0n) is 20.2. The maximum Gasteiger partial charge on any atom is 0.168 e. The first-order valence-corrected chi connectivity index (χ1v) is 13.2. The van der Waals surface area contributed by atoms with Crippen LogP contribution in [0.3, 0.4) is 0 Å². The molecule has 4 rings (SSSR count). The second kappa shape index (κ2) is 11.0. The number of fused-ring (bicyclic) bond motifs is 3. The Kier molecular flexibility index (Phi) is 7.88. The van der Waals surface area contributed by atoms with E-state index in [-0.39, 0.29) is 17.5 Å². The van der Waals surface area contributed by atoms with E-state index in [2.05, 4.69) is 43.4 Å². The molecule has 1 aliphatic rings. The number of allylic oxidation sites excluding steroid dienone is 2. The number of aromatic nitrogens is 1. The fraction of sp³-hybridized carbons (Fsp3) is 0.393. The van der Waals surface area contributed by atoms with Crippen LogP contribution >= 0.6 is 11.8 Å². The maximum atomic E-state index is 13.1. The molecule has 5 nitrogen and oxygen atoms in total. The first-order chi connectivity index (χ1) is 16.5. The third-order valence-corrected chi connectivity index (χ3v) is 7.42. The van der Waals surface area contributed by atoms with Gasteiger partial charge in [-0.2, -0.15) is 16.9 Å². The van der Waals surface area contributed by atoms with Crippen molar-refractivity contribution in [3.05, 3.63) is 59.9 Å². The molecule has 2 atom stereocenters. The Hall–Kier alpha value is -2.86. The Morgan fingerprint density at radius 1 is 1.12 bits per heavy atom. The van der Waals surface area contributed by atoms with Gasteiger partial charge in [0.05, 0.1) is 16.8 Å². The quantitative estimate of drug-likeness (QED) is 0.193. The van der Waals surface area contributed by atoms with E-state index >= 15 is 0 Å². The van der Waals surface area contributed by atoms with Gasteiger partial charge in [-0.3, -0.25) is 10.2 Å². The lowest BCUT2D eigenvalue weighted by Gasteiger charge is -2.26. The van der Waals surface area contributed by atoms with E-state index in [0.29, 0.717) is 41.6 Å². The average molecular weight is 476 g/mol. The van der Waals surface area contributed by atoms with Crippen LogP contribution < -0.4 is 5.43 Å². The van der Waals surface area contributed by atoms with Crippen LogP contribution in [0.15, 0.2) is 65.0 Å². The highest BCUT2D eigenvalue weighted by Crippen LogP contribution is 2.33. The van der Waals surface area contributed by atoms with Crippen molar-refractivity contribution < 1.29 is 9.90 Å². The van der Waals surface area contributed by atoms with Crippen LogP contribution in [0.25, 0.3) is 21.7 Å². The van der Waals surface area contributed by atoms with E-state index in [9.17, 15) is 9.90 Å². The third kappa shape index (κ3) is 5.27. The molecule has 2 N–H and O–H groups in total. The second-order valence-electron chi connectivity index (χ2n) is 8.96. The number of thioether (sulfide) groups is 1. The number of benzene rings is 2. The van der Waals surface area contributed by atoms with Crippen LogP contribution in [0.5, 0.6) is 0 Å². The van der Waals surface area contributed by atoms with Gasteiger partial charge >= 0.3 is 0 Å². The van der Waals surface area contributed by atoms with Crippen LogP contribution in [0.4, 0.5) is 5.82 Å².